The number of hydrogen-bond donors (Lipinski definition) is 0. The van der Waals surface area contributed by atoms with E-state index >= 15 is 0 Å². The van der Waals surface area contributed by atoms with Crippen molar-refractivity contribution in [2.24, 2.45) is 0 Å². The van der Waals surface area contributed by atoms with Crippen LogP contribution in [-0.4, -0.2) is 178 Å². The fourth-order valence-electron chi connectivity index (χ4n) is 7.18. The predicted molar refractivity (Wildman–Crippen MR) is 199 cm³/mol. The molecule has 0 bridgehead atoms. The molecule has 4 heterocycles. The minimum Gasteiger partial charge on any atom is -0.463 e. The first-order valence-corrected chi connectivity index (χ1v) is 20.2. The number of halogens is 1. The van der Waals surface area contributed by atoms with Gasteiger partial charge in [-0.2, -0.15) is 0 Å². The van der Waals surface area contributed by atoms with E-state index in [1.807, 2.05) is 0 Å². The van der Waals surface area contributed by atoms with Gasteiger partial charge in [0.1, 0.15) is 49.6 Å². The molecule has 0 saturated carbocycles. The minimum absolute atomic E-state index is 0.571. The van der Waals surface area contributed by atoms with Crippen LogP contribution in [0.1, 0.15) is 62.3 Å². The second-order valence-corrected chi connectivity index (χ2v) is 14.8. The number of ether oxygens (including phenoxy) is 16. The summed E-state index contributed by atoms with van der Waals surface area (Å²) in [4.78, 5) is 111. The molecule has 64 heavy (non-hydrogen) atoms. The number of rotatable bonds is 17. The van der Waals surface area contributed by atoms with Crippen LogP contribution in [0.25, 0.3) is 0 Å². The second kappa shape index (κ2) is 23.4. The Kier molecular flexibility index (Phi) is 19.0. The zero-order chi connectivity index (χ0) is 47.6. The molecule has 4 aliphatic heterocycles. The molecule has 4 fully saturated rings. The number of alkyl halides is 1. The Morgan fingerprint density at radius 1 is 0.422 bits per heavy atom. The topological polar surface area (TPSA) is 301 Å². The van der Waals surface area contributed by atoms with E-state index in [4.69, 9.17) is 87.4 Å². The number of carbonyl (C=O) groups excluding carboxylic acids is 9. The fourth-order valence-corrected chi connectivity index (χ4v) is 7.25. The lowest BCUT2D eigenvalue weighted by atomic mass is 9.96. The summed E-state index contributed by atoms with van der Waals surface area (Å²) >= 11 is 5.60. The van der Waals surface area contributed by atoms with Gasteiger partial charge < -0.3 is 75.8 Å². The highest BCUT2D eigenvalue weighted by molar-refractivity contribution is 6.26. The summed E-state index contributed by atoms with van der Waals surface area (Å²) in [5, 5.41) is 0. The molecule has 0 spiro atoms. The van der Waals surface area contributed by atoms with Gasteiger partial charge in [-0.1, -0.05) is 0 Å². The zero-order valence-electron chi connectivity index (χ0n) is 36.2. The summed E-state index contributed by atoms with van der Waals surface area (Å²) in [7, 11) is 0. The summed E-state index contributed by atoms with van der Waals surface area (Å²) < 4.78 is 91.7. The second-order valence-electron chi connectivity index (χ2n) is 14.5. The van der Waals surface area contributed by atoms with Crippen LogP contribution in [0.2, 0.25) is 0 Å². The molecule has 25 nitrogen and oxygen atoms in total. The lowest BCUT2D eigenvalue weighted by Crippen LogP contribution is -2.66. The van der Waals surface area contributed by atoms with Gasteiger partial charge in [-0.25, -0.2) is 0 Å². The maximum atomic E-state index is 12.8. The van der Waals surface area contributed by atoms with Gasteiger partial charge in [-0.05, 0) is 6.92 Å². The van der Waals surface area contributed by atoms with Gasteiger partial charge in [-0.15, -0.1) is 11.6 Å². The molecule has 0 aromatic heterocycles. The van der Waals surface area contributed by atoms with E-state index in [1.54, 1.807) is 0 Å². The molecule has 1 unspecified atom stereocenters. The Labute approximate surface area is 370 Å². The highest BCUT2D eigenvalue weighted by atomic mass is 35.5. The Morgan fingerprint density at radius 2 is 0.812 bits per heavy atom. The van der Waals surface area contributed by atoms with Crippen LogP contribution < -0.4 is 0 Å². The number of carbonyl (C=O) groups is 9. The van der Waals surface area contributed by atoms with Crippen molar-refractivity contribution in [3.8, 4) is 0 Å². The minimum atomic E-state index is -1.81. The molecule has 4 saturated heterocycles. The highest BCUT2D eigenvalue weighted by Gasteiger charge is 2.60. The van der Waals surface area contributed by atoms with Crippen LogP contribution in [0.3, 0.4) is 0 Å². The van der Waals surface area contributed by atoms with Gasteiger partial charge in [0.2, 0.25) is 0 Å². The number of hydrogen-bond acceptors (Lipinski definition) is 25. The first-order chi connectivity index (χ1) is 30.1. The molecule has 0 aromatic carbocycles. The van der Waals surface area contributed by atoms with Gasteiger partial charge in [0.25, 0.3) is 0 Å². The Bertz CT molecular complexity index is 1720. The summed E-state index contributed by atoms with van der Waals surface area (Å²) in [5.41, 5.74) is 0. The van der Waals surface area contributed by atoms with E-state index in [1.165, 1.54) is 6.92 Å². The van der Waals surface area contributed by atoms with Gasteiger partial charge in [-0.3, -0.25) is 43.2 Å². The van der Waals surface area contributed by atoms with Crippen LogP contribution in [0.5, 0.6) is 0 Å². The summed E-state index contributed by atoms with van der Waals surface area (Å²) in [6.07, 6.45) is -24.3. The summed E-state index contributed by atoms with van der Waals surface area (Å²) in [6, 6.07) is 0. The predicted octanol–water partition coefficient (Wildman–Crippen LogP) is -0.809. The van der Waals surface area contributed by atoms with Crippen LogP contribution in [0.15, 0.2) is 0 Å². The molecule has 0 aromatic rings. The van der Waals surface area contributed by atoms with Gasteiger partial charge in [0, 0.05) is 55.4 Å². The average Bonchev–Trinajstić information content (AvgIpc) is 3.55. The maximum absolute atomic E-state index is 12.8. The van der Waals surface area contributed by atoms with Gasteiger partial charge >= 0.3 is 53.7 Å². The Hall–Kier alpha value is -4.76. The van der Waals surface area contributed by atoms with Crippen molar-refractivity contribution in [1.29, 1.82) is 0 Å². The van der Waals surface area contributed by atoms with Gasteiger partial charge in [0.05, 0.1) is 6.61 Å². The normalized spacial score (nSPS) is 34.4. The first-order valence-electron chi connectivity index (χ1n) is 19.7. The van der Waals surface area contributed by atoms with Crippen LogP contribution >= 0.6 is 11.6 Å². The lowest BCUT2D eigenvalue weighted by Gasteiger charge is -2.48. The number of fused-ring (bicyclic) bond motifs is 1. The van der Waals surface area contributed by atoms with Crippen molar-refractivity contribution >= 4 is 65.3 Å². The fraction of sp³-hybridized carbons (Fsp3) is 0.763. The number of esters is 9. The van der Waals surface area contributed by atoms with Crippen molar-refractivity contribution in [3.63, 3.8) is 0 Å². The van der Waals surface area contributed by atoms with Crippen LogP contribution in [0, 0.1) is 0 Å². The molecular formula is C38H51ClO25. The van der Waals surface area contributed by atoms with Crippen molar-refractivity contribution < 1.29 is 119 Å². The highest BCUT2D eigenvalue weighted by Crippen LogP contribution is 2.39. The third kappa shape index (κ3) is 14.4. The van der Waals surface area contributed by atoms with Crippen LogP contribution in [-0.2, 0) is 119 Å². The molecule has 360 valence electrons. The van der Waals surface area contributed by atoms with Crippen molar-refractivity contribution in [2.75, 3.05) is 25.7 Å². The molecular weight excluding hydrogens is 892 g/mol. The molecule has 26 heteroatoms. The molecule has 0 amide bonds. The van der Waals surface area contributed by atoms with Crippen LogP contribution in [0.4, 0.5) is 0 Å². The smallest absolute Gasteiger partial charge is 0.320 e. The molecule has 0 N–H and O–H groups in total. The molecule has 4 rings (SSSR count). The molecule has 16 atom stereocenters. The third-order valence-corrected chi connectivity index (χ3v) is 9.47. The average molecular weight is 943 g/mol. The van der Waals surface area contributed by atoms with E-state index in [0.29, 0.717) is 0 Å². The summed E-state index contributed by atoms with van der Waals surface area (Å²) in [6.45, 7) is 7.92. The van der Waals surface area contributed by atoms with Crippen molar-refractivity contribution in [3.05, 3.63) is 0 Å². The maximum Gasteiger partial charge on any atom is 0.320 e. The SMILES string of the molecule is CC(=O)OC[C@H]1O[C@@H](O[C@@H]2[C@H]3OC(C)O[C@H]3O[C@H](CO[C@@H]3O[C@H](COC(=O)CCl)[C@@H](OC(C)=O)[C@H](OC(C)=O)[C@H]3OC(C)=O)[C@H]2OC(C)=O)[C@H](OC(C)=O)[C@@H](OC(C)=O)[C@@H]1OC(C)=O. The van der Waals surface area contributed by atoms with Crippen molar-refractivity contribution in [2.45, 2.75) is 161 Å². The van der Waals surface area contributed by atoms with E-state index < -0.39 is 178 Å². The van der Waals surface area contributed by atoms with E-state index in [9.17, 15) is 43.2 Å². The molecule has 0 aliphatic carbocycles. The monoisotopic (exact) mass is 942 g/mol. The molecule has 4 aliphatic rings. The molecule has 0 radical (unpaired) electrons. The lowest BCUT2D eigenvalue weighted by molar-refractivity contribution is -0.352. The van der Waals surface area contributed by atoms with Gasteiger partial charge in [0.15, 0.2) is 67.9 Å². The Balaban J connectivity index is 1.76. The zero-order valence-corrected chi connectivity index (χ0v) is 36.9. The van der Waals surface area contributed by atoms with E-state index in [0.717, 1.165) is 55.4 Å². The quantitative estimate of drug-likeness (QED) is 0.0978. The first kappa shape index (κ1) is 51.9. The standard InChI is InChI=1S/C38H51ClO25/c1-14(40)49-11-23-27(52-15(2)41)31(56-19(6)45)34(58-21(8)47)38(63-23)64-32-29(54-17(4)43)25(62-37-35(32)59-22(9)60-37)13-51-36-33(57-20(7)46)30(55-18(5)44)28(53-16(3)42)24(61-36)12-50-26(48)10-39/h22-25,27-38H,10-13H2,1-9H3/t22?,23-,24-,25-,27-,28-,29-,30+,31+,32+,33-,34-,35-,36-,37+,38+/m1/s1. The Morgan fingerprint density at radius 3 is 1.27 bits per heavy atom. The summed E-state index contributed by atoms with van der Waals surface area (Å²) in [5.74, 6) is -8.60. The largest absolute Gasteiger partial charge is 0.463 e. The van der Waals surface area contributed by atoms with Crippen molar-refractivity contribution in [1.82, 2.24) is 0 Å². The van der Waals surface area contributed by atoms with E-state index in [2.05, 4.69) is 0 Å². The van der Waals surface area contributed by atoms with E-state index in [-0.39, 0.29) is 0 Å². The third-order valence-electron chi connectivity index (χ3n) is 9.25.